The first-order chi connectivity index (χ1) is 7.13. The number of aliphatic hydroxyl groups excluding tert-OH is 1. The van der Waals surface area contributed by atoms with E-state index in [0.29, 0.717) is 5.92 Å². The minimum Gasteiger partial charge on any atom is -0.396 e. The monoisotopic (exact) mass is 206 g/mol. The zero-order valence-electron chi connectivity index (χ0n) is 9.27. The van der Waals surface area contributed by atoms with Gasteiger partial charge < -0.3 is 10.8 Å². The fourth-order valence-corrected chi connectivity index (χ4v) is 1.91. The van der Waals surface area contributed by atoms with Crippen molar-refractivity contribution in [3.8, 4) is 0 Å². The van der Waals surface area contributed by atoms with E-state index in [1.165, 1.54) is 0 Å². The van der Waals surface area contributed by atoms with Crippen molar-refractivity contribution in [2.45, 2.75) is 38.1 Å². The van der Waals surface area contributed by atoms with E-state index in [4.69, 9.17) is 10.8 Å². The second kappa shape index (κ2) is 3.91. The molecule has 0 bridgehead atoms. The molecule has 0 spiro atoms. The molecule has 1 saturated carbocycles. The molecule has 82 valence electrons. The quantitative estimate of drug-likeness (QED) is 0.783. The Hall–Kier alpha value is -0.930. The first-order valence-corrected chi connectivity index (χ1v) is 5.47. The molecule has 3 N–H and O–H groups in total. The average Bonchev–Trinajstić information content (AvgIpc) is 2.95. The predicted molar refractivity (Wildman–Crippen MR) is 59.8 cm³/mol. The zero-order chi connectivity index (χ0) is 11.0. The van der Waals surface area contributed by atoms with Gasteiger partial charge >= 0.3 is 0 Å². The highest BCUT2D eigenvalue weighted by molar-refractivity contribution is 5.29. The van der Waals surface area contributed by atoms with Crippen molar-refractivity contribution in [1.29, 1.82) is 0 Å². The van der Waals surface area contributed by atoms with Crippen LogP contribution in [0.4, 0.5) is 0 Å². The van der Waals surface area contributed by atoms with E-state index >= 15 is 0 Å². The van der Waals surface area contributed by atoms with Crippen molar-refractivity contribution in [2.75, 3.05) is 6.61 Å². The summed E-state index contributed by atoms with van der Waals surface area (Å²) in [6.07, 6.45) is 1.04. The number of aliphatic hydroxyl groups is 1. The summed E-state index contributed by atoms with van der Waals surface area (Å²) in [5.74, 6) is 0.551. The molecule has 0 radical (unpaired) electrons. The van der Waals surface area contributed by atoms with E-state index in [9.17, 15) is 0 Å². The van der Waals surface area contributed by atoms with Crippen LogP contribution in [-0.4, -0.2) is 22.7 Å². The van der Waals surface area contributed by atoms with E-state index in [2.05, 4.69) is 17.1 Å². The van der Waals surface area contributed by atoms with Gasteiger partial charge in [0, 0.05) is 29.3 Å². The molecular weight excluding hydrogens is 188 g/mol. The Morgan fingerprint density at radius 3 is 2.80 bits per heavy atom. The summed E-state index contributed by atoms with van der Waals surface area (Å²) in [7, 11) is 0. The summed E-state index contributed by atoms with van der Waals surface area (Å²) in [5.41, 5.74) is 9.05. The molecule has 0 saturated heterocycles. The fraction of sp³-hybridized carbons (Fsp3) is 0.583. The second-order valence-electron chi connectivity index (χ2n) is 4.53. The maximum Gasteiger partial charge on any atom is 0.0512 e. The Kier molecular flexibility index (Phi) is 2.76. The lowest BCUT2D eigenvalue weighted by Gasteiger charge is -2.12. The Labute approximate surface area is 90.3 Å². The molecule has 0 amide bonds. The number of rotatable bonds is 3. The van der Waals surface area contributed by atoms with E-state index < -0.39 is 0 Å². The fourth-order valence-electron chi connectivity index (χ4n) is 1.91. The SMILES string of the molecule is Cc1ccc(C2CC2N)nc1C(C)CO. The van der Waals surface area contributed by atoms with Crippen LogP contribution in [0.25, 0.3) is 0 Å². The largest absolute Gasteiger partial charge is 0.396 e. The van der Waals surface area contributed by atoms with E-state index in [-0.39, 0.29) is 18.6 Å². The molecule has 1 fully saturated rings. The summed E-state index contributed by atoms with van der Waals surface area (Å²) in [6, 6.07) is 4.42. The number of hydrogen-bond donors (Lipinski definition) is 2. The van der Waals surface area contributed by atoms with E-state index in [1.54, 1.807) is 0 Å². The number of aryl methyl sites for hydroxylation is 1. The smallest absolute Gasteiger partial charge is 0.0512 e. The Morgan fingerprint density at radius 2 is 2.27 bits per heavy atom. The van der Waals surface area contributed by atoms with Crippen LogP contribution in [0.1, 0.15) is 42.1 Å². The van der Waals surface area contributed by atoms with Crippen molar-refractivity contribution in [3.63, 3.8) is 0 Å². The predicted octanol–water partition coefficient (Wildman–Crippen LogP) is 1.30. The van der Waals surface area contributed by atoms with E-state index in [0.717, 1.165) is 23.4 Å². The second-order valence-corrected chi connectivity index (χ2v) is 4.53. The summed E-state index contributed by atoms with van der Waals surface area (Å²) in [5, 5.41) is 9.15. The topological polar surface area (TPSA) is 59.1 Å². The van der Waals surface area contributed by atoms with Crippen LogP contribution in [0, 0.1) is 6.92 Å². The summed E-state index contributed by atoms with van der Waals surface area (Å²) < 4.78 is 0. The molecule has 1 aliphatic carbocycles. The van der Waals surface area contributed by atoms with Gasteiger partial charge in [0.15, 0.2) is 0 Å². The molecule has 1 aliphatic rings. The maximum absolute atomic E-state index is 9.15. The van der Waals surface area contributed by atoms with Crippen molar-refractivity contribution in [1.82, 2.24) is 4.98 Å². The van der Waals surface area contributed by atoms with Gasteiger partial charge in [0.25, 0.3) is 0 Å². The Balaban J connectivity index is 2.28. The highest BCUT2D eigenvalue weighted by atomic mass is 16.3. The van der Waals surface area contributed by atoms with Crippen LogP contribution in [0.15, 0.2) is 12.1 Å². The lowest BCUT2D eigenvalue weighted by Crippen LogP contribution is -2.08. The van der Waals surface area contributed by atoms with Gasteiger partial charge in [0.2, 0.25) is 0 Å². The molecule has 1 heterocycles. The van der Waals surface area contributed by atoms with E-state index in [1.807, 2.05) is 13.8 Å². The molecule has 3 heteroatoms. The molecule has 2 rings (SSSR count). The van der Waals surface area contributed by atoms with Crippen molar-refractivity contribution in [3.05, 3.63) is 29.1 Å². The van der Waals surface area contributed by atoms with Gasteiger partial charge in [-0.15, -0.1) is 0 Å². The van der Waals surface area contributed by atoms with Gasteiger partial charge in [-0.1, -0.05) is 13.0 Å². The summed E-state index contributed by atoms with van der Waals surface area (Å²) in [4.78, 5) is 4.62. The van der Waals surface area contributed by atoms with Gasteiger partial charge in [0.05, 0.1) is 6.61 Å². The highest BCUT2D eigenvalue weighted by Gasteiger charge is 2.36. The van der Waals surface area contributed by atoms with Crippen LogP contribution in [-0.2, 0) is 0 Å². The normalized spacial score (nSPS) is 26.4. The molecule has 0 aliphatic heterocycles. The molecular formula is C12H18N2O. The molecule has 3 atom stereocenters. The number of pyridine rings is 1. The van der Waals surface area contributed by atoms with Crippen LogP contribution in [0.2, 0.25) is 0 Å². The first kappa shape index (κ1) is 10.6. The van der Waals surface area contributed by atoms with Gasteiger partial charge in [-0.3, -0.25) is 4.98 Å². The number of nitrogens with zero attached hydrogens (tertiary/aromatic N) is 1. The number of nitrogens with two attached hydrogens (primary N) is 1. The van der Waals surface area contributed by atoms with Gasteiger partial charge in [0.1, 0.15) is 0 Å². The molecule has 1 aromatic heterocycles. The highest BCUT2D eigenvalue weighted by Crippen LogP contribution is 2.38. The van der Waals surface area contributed by atoms with Crippen LogP contribution >= 0.6 is 0 Å². The molecule has 3 unspecified atom stereocenters. The van der Waals surface area contributed by atoms with Crippen molar-refractivity contribution in [2.24, 2.45) is 5.73 Å². The standard InChI is InChI=1S/C12H18N2O/c1-7-3-4-11(9-5-10(9)13)14-12(7)8(2)6-15/h3-4,8-10,15H,5-6,13H2,1-2H3. The minimum absolute atomic E-state index is 0.111. The van der Waals surface area contributed by atoms with Crippen LogP contribution < -0.4 is 5.73 Å². The Morgan fingerprint density at radius 1 is 1.60 bits per heavy atom. The molecule has 0 aromatic carbocycles. The van der Waals surface area contributed by atoms with Crippen LogP contribution in [0.5, 0.6) is 0 Å². The third kappa shape index (κ3) is 2.03. The summed E-state index contributed by atoms with van der Waals surface area (Å²) >= 11 is 0. The zero-order valence-corrected chi connectivity index (χ0v) is 9.27. The third-order valence-corrected chi connectivity index (χ3v) is 3.12. The minimum atomic E-state index is 0.111. The average molecular weight is 206 g/mol. The molecule has 15 heavy (non-hydrogen) atoms. The lowest BCUT2D eigenvalue weighted by molar-refractivity contribution is 0.270. The van der Waals surface area contributed by atoms with Gasteiger partial charge in [-0.2, -0.15) is 0 Å². The van der Waals surface area contributed by atoms with Gasteiger partial charge in [-0.05, 0) is 25.0 Å². The Bertz CT molecular complexity index is 365. The molecule has 3 nitrogen and oxygen atoms in total. The van der Waals surface area contributed by atoms with Crippen molar-refractivity contribution < 1.29 is 5.11 Å². The number of hydrogen-bond acceptors (Lipinski definition) is 3. The summed E-state index contributed by atoms with van der Waals surface area (Å²) in [6.45, 7) is 4.17. The lowest BCUT2D eigenvalue weighted by atomic mass is 10.0. The third-order valence-electron chi connectivity index (χ3n) is 3.12. The number of aromatic nitrogens is 1. The van der Waals surface area contributed by atoms with Crippen LogP contribution in [0.3, 0.4) is 0 Å². The maximum atomic E-state index is 9.15. The molecule has 1 aromatic rings. The first-order valence-electron chi connectivity index (χ1n) is 5.47. The van der Waals surface area contributed by atoms with Gasteiger partial charge in [-0.25, -0.2) is 0 Å². The van der Waals surface area contributed by atoms with Crippen molar-refractivity contribution >= 4 is 0 Å².